The fourth-order valence-corrected chi connectivity index (χ4v) is 3.18. The third kappa shape index (κ3) is 8.61. The molecule has 1 aromatic rings. The monoisotopic (exact) mass is 506 g/mol. The summed E-state index contributed by atoms with van der Waals surface area (Å²) >= 11 is 0. The number of guanidine groups is 1. The number of rotatable bonds is 8. The highest BCUT2D eigenvalue weighted by Crippen LogP contribution is 2.24. The van der Waals surface area contributed by atoms with Crippen molar-refractivity contribution in [3.05, 3.63) is 35.6 Å². The molecule has 0 radical (unpaired) electrons. The minimum absolute atomic E-state index is 0. The van der Waals surface area contributed by atoms with Crippen LogP contribution in [0.25, 0.3) is 0 Å². The van der Waals surface area contributed by atoms with Crippen LogP contribution in [0, 0.1) is 11.7 Å². The van der Waals surface area contributed by atoms with E-state index in [1.807, 2.05) is 6.07 Å². The van der Waals surface area contributed by atoms with Crippen LogP contribution in [0.1, 0.15) is 33.3 Å². The molecule has 0 spiro atoms. The van der Waals surface area contributed by atoms with Crippen LogP contribution in [0.4, 0.5) is 4.39 Å². The SMILES string of the molecule is CCNC(=NCC(C)(C)c1cccc(F)c1)NCC(C)CN1CCOCC1.I. The maximum atomic E-state index is 13.5. The summed E-state index contributed by atoms with van der Waals surface area (Å²) in [5.74, 6) is 1.13. The summed E-state index contributed by atoms with van der Waals surface area (Å²) in [6, 6.07) is 6.79. The number of hydrogen-bond acceptors (Lipinski definition) is 3. The fourth-order valence-electron chi connectivity index (χ4n) is 3.18. The summed E-state index contributed by atoms with van der Waals surface area (Å²) in [6.45, 7) is 15.5. The molecule has 0 aromatic heterocycles. The summed E-state index contributed by atoms with van der Waals surface area (Å²) < 4.78 is 19.0. The zero-order valence-corrected chi connectivity index (χ0v) is 20.0. The Kier molecular flexibility index (Phi) is 11.3. The van der Waals surface area contributed by atoms with Crippen molar-refractivity contribution in [1.82, 2.24) is 15.5 Å². The molecule has 2 N–H and O–H groups in total. The lowest BCUT2D eigenvalue weighted by molar-refractivity contribution is 0.0320. The molecule has 1 atom stereocenters. The topological polar surface area (TPSA) is 48.9 Å². The highest BCUT2D eigenvalue weighted by molar-refractivity contribution is 14.0. The Labute approximate surface area is 186 Å². The molecule has 1 fully saturated rings. The van der Waals surface area contributed by atoms with Gasteiger partial charge in [-0.2, -0.15) is 0 Å². The molecule has 0 amide bonds. The number of aliphatic imine (C=N–C) groups is 1. The number of nitrogens with zero attached hydrogens (tertiary/aromatic N) is 2. The molecule has 0 saturated carbocycles. The van der Waals surface area contributed by atoms with E-state index in [1.54, 1.807) is 12.1 Å². The van der Waals surface area contributed by atoms with Gasteiger partial charge in [-0.3, -0.25) is 9.89 Å². The van der Waals surface area contributed by atoms with E-state index in [2.05, 4.69) is 43.2 Å². The Hall–Kier alpha value is -0.930. The van der Waals surface area contributed by atoms with E-state index in [1.165, 1.54) is 6.07 Å². The molecule has 160 valence electrons. The number of nitrogens with one attached hydrogen (secondary N) is 2. The van der Waals surface area contributed by atoms with Gasteiger partial charge in [-0.1, -0.05) is 32.9 Å². The fraction of sp³-hybridized carbons (Fsp3) is 0.667. The molecule has 5 nitrogen and oxygen atoms in total. The van der Waals surface area contributed by atoms with Gasteiger partial charge in [0.2, 0.25) is 0 Å². The minimum atomic E-state index is -0.232. The first-order valence-corrected chi connectivity index (χ1v) is 9.99. The van der Waals surface area contributed by atoms with E-state index >= 15 is 0 Å². The van der Waals surface area contributed by atoms with Crippen LogP contribution in [0.15, 0.2) is 29.3 Å². The maximum Gasteiger partial charge on any atom is 0.191 e. The van der Waals surface area contributed by atoms with Gasteiger partial charge in [0.25, 0.3) is 0 Å². The molecule has 0 aliphatic carbocycles. The first kappa shape index (κ1) is 25.1. The predicted octanol–water partition coefficient (Wildman–Crippen LogP) is 3.24. The van der Waals surface area contributed by atoms with E-state index in [9.17, 15) is 4.39 Å². The van der Waals surface area contributed by atoms with Crippen molar-refractivity contribution in [1.29, 1.82) is 0 Å². The molecular weight excluding hydrogens is 470 g/mol. The van der Waals surface area contributed by atoms with Crippen LogP contribution in [-0.2, 0) is 10.2 Å². The summed E-state index contributed by atoms with van der Waals surface area (Å²) in [7, 11) is 0. The number of halogens is 2. The zero-order chi connectivity index (χ0) is 19.7. The molecule has 28 heavy (non-hydrogen) atoms. The van der Waals surface area contributed by atoms with Crippen LogP contribution in [0.5, 0.6) is 0 Å². The lowest BCUT2D eigenvalue weighted by Crippen LogP contribution is -2.44. The Balaban J connectivity index is 0.00000392. The average molecular weight is 506 g/mol. The Morgan fingerprint density at radius 2 is 2.00 bits per heavy atom. The van der Waals surface area contributed by atoms with Gasteiger partial charge in [0.05, 0.1) is 19.8 Å². The minimum Gasteiger partial charge on any atom is -0.379 e. The van der Waals surface area contributed by atoms with Gasteiger partial charge in [0.1, 0.15) is 5.82 Å². The smallest absolute Gasteiger partial charge is 0.191 e. The lowest BCUT2D eigenvalue weighted by atomic mass is 9.85. The molecule has 1 aliphatic rings. The third-order valence-corrected chi connectivity index (χ3v) is 4.87. The molecular formula is C21H36FIN4O. The predicted molar refractivity (Wildman–Crippen MR) is 125 cm³/mol. The number of benzene rings is 1. The van der Waals surface area contributed by atoms with Gasteiger partial charge < -0.3 is 15.4 Å². The summed E-state index contributed by atoms with van der Waals surface area (Å²) in [6.07, 6.45) is 0. The summed E-state index contributed by atoms with van der Waals surface area (Å²) in [5.41, 5.74) is 0.729. The highest BCUT2D eigenvalue weighted by Gasteiger charge is 2.21. The van der Waals surface area contributed by atoms with Gasteiger partial charge in [0.15, 0.2) is 5.96 Å². The number of ether oxygens (including phenoxy) is 1. The van der Waals surface area contributed by atoms with Crippen molar-refractivity contribution in [2.24, 2.45) is 10.9 Å². The van der Waals surface area contributed by atoms with Gasteiger partial charge in [-0.15, -0.1) is 24.0 Å². The van der Waals surface area contributed by atoms with E-state index in [4.69, 9.17) is 9.73 Å². The number of morpholine rings is 1. The second kappa shape index (κ2) is 12.6. The highest BCUT2D eigenvalue weighted by atomic mass is 127. The van der Waals surface area contributed by atoms with Crippen molar-refractivity contribution in [3.63, 3.8) is 0 Å². The van der Waals surface area contributed by atoms with Gasteiger partial charge in [-0.25, -0.2) is 4.39 Å². The van der Waals surface area contributed by atoms with Crippen LogP contribution in [0.2, 0.25) is 0 Å². The van der Waals surface area contributed by atoms with E-state index in [0.29, 0.717) is 12.5 Å². The quantitative estimate of drug-likeness (QED) is 0.323. The second-order valence-electron chi connectivity index (χ2n) is 7.99. The van der Waals surface area contributed by atoms with Crippen molar-refractivity contribution >= 4 is 29.9 Å². The molecule has 1 aromatic carbocycles. The van der Waals surface area contributed by atoms with Crippen LogP contribution < -0.4 is 10.6 Å². The van der Waals surface area contributed by atoms with Crippen LogP contribution >= 0.6 is 24.0 Å². The first-order valence-electron chi connectivity index (χ1n) is 9.99. The van der Waals surface area contributed by atoms with Crippen molar-refractivity contribution < 1.29 is 9.13 Å². The zero-order valence-electron chi connectivity index (χ0n) is 17.6. The third-order valence-electron chi connectivity index (χ3n) is 4.87. The van der Waals surface area contributed by atoms with Crippen molar-refractivity contribution in [2.75, 3.05) is 52.5 Å². The summed E-state index contributed by atoms with van der Waals surface area (Å²) in [5, 5.41) is 6.76. The molecule has 1 unspecified atom stereocenters. The van der Waals surface area contributed by atoms with Crippen LogP contribution in [-0.4, -0.2) is 63.3 Å². The standard InChI is InChI=1S/C21H35FN4O.HI/c1-5-23-20(24-14-17(2)15-26-9-11-27-12-10-26)25-16-21(3,4)18-7-6-8-19(22)13-18;/h6-8,13,17H,5,9-12,14-16H2,1-4H3,(H2,23,24,25);1H. The average Bonchev–Trinajstić information content (AvgIpc) is 2.65. The number of hydrogen-bond donors (Lipinski definition) is 2. The Bertz CT molecular complexity index is 606. The lowest BCUT2D eigenvalue weighted by Gasteiger charge is -2.29. The molecule has 0 bridgehead atoms. The molecule has 2 rings (SSSR count). The van der Waals surface area contributed by atoms with E-state index in [-0.39, 0.29) is 35.2 Å². The summed E-state index contributed by atoms with van der Waals surface area (Å²) in [4.78, 5) is 7.20. The molecule has 1 aliphatic heterocycles. The molecule has 1 heterocycles. The molecule has 7 heteroatoms. The van der Waals surface area contributed by atoms with Crippen LogP contribution in [0.3, 0.4) is 0 Å². The van der Waals surface area contributed by atoms with Crippen molar-refractivity contribution in [3.8, 4) is 0 Å². The van der Waals surface area contributed by atoms with Crippen molar-refractivity contribution in [2.45, 2.75) is 33.1 Å². The largest absolute Gasteiger partial charge is 0.379 e. The van der Waals surface area contributed by atoms with E-state index < -0.39 is 0 Å². The normalized spacial score (nSPS) is 17.0. The first-order chi connectivity index (χ1) is 12.9. The maximum absolute atomic E-state index is 13.5. The Morgan fingerprint density at radius 3 is 2.64 bits per heavy atom. The van der Waals surface area contributed by atoms with Gasteiger partial charge >= 0.3 is 0 Å². The molecule has 1 saturated heterocycles. The second-order valence-corrected chi connectivity index (χ2v) is 7.99. The Morgan fingerprint density at radius 1 is 1.29 bits per heavy atom. The van der Waals surface area contributed by atoms with E-state index in [0.717, 1.165) is 57.5 Å². The van der Waals surface area contributed by atoms with Gasteiger partial charge in [0, 0.05) is 38.1 Å². The van der Waals surface area contributed by atoms with Gasteiger partial charge in [-0.05, 0) is 30.5 Å².